The predicted molar refractivity (Wildman–Crippen MR) is 100 cm³/mol. The number of ether oxygens (including phenoxy) is 1. The van der Waals surface area contributed by atoms with Crippen molar-refractivity contribution in [3.8, 4) is 22.8 Å². The molecule has 0 spiro atoms. The molecule has 3 aromatic rings. The molecule has 0 saturated heterocycles. The van der Waals surface area contributed by atoms with Crippen molar-refractivity contribution in [1.82, 2.24) is 14.5 Å². The highest BCUT2D eigenvalue weighted by Gasteiger charge is 2.19. The van der Waals surface area contributed by atoms with E-state index in [0.717, 1.165) is 35.9 Å². The summed E-state index contributed by atoms with van der Waals surface area (Å²) < 4.78 is 7.89. The number of nitrogens with zero attached hydrogens (tertiary/aromatic N) is 3. The van der Waals surface area contributed by atoms with Crippen molar-refractivity contribution in [1.29, 1.82) is 0 Å². The summed E-state index contributed by atoms with van der Waals surface area (Å²) >= 11 is 0. The van der Waals surface area contributed by atoms with Crippen LogP contribution in [-0.2, 0) is 6.42 Å². The summed E-state index contributed by atoms with van der Waals surface area (Å²) in [6, 6.07) is 15.3. The van der Waals surface area contributed by atoms with E-state index in [4.69, 9.17) is 4.74 Å². The molecule has 2 aromatic carbocycles. The maximum Gasteiger partial charge on any atom is 0.144 e. The molecule has 4 rings (SSSR count). The number of rotatable bonds is 4. The van der Waals surface area contributed by atoms with Gasteiger partial charge in [-0.2, -0.15) is 0 Å². The summed E-state index contributed by atoms with van der Waals surface area (Å²) in [5.41, 5.74) is 4.85. The first-order valence-electron chi connectivity index (χ1n) is 8.70. The third-order valence-electron chi connectivity index (χ3n) is 5.02. The number of imidazole rings is 1. The Labute approximate surface area is 148 Å². The monoisotopic (exact) mass is 333 g/mol. The SMILES string of the molecule is CC(c1cccc(-c2nccn2-c2cccc3c2CCO3)c1)N(C)C. The molecule has 0 aliphatic carbocycles. The lowest BCUT2D eigenvalue weighted by molar-refractivity contribution is 0.321. The Balaban J connectivity index is 1.79. The fraction of sp³-hybridized carbons (Fsp3) is 0.286. The standard InChI is InChI=1S/C21H23N3O/c1-15(23(2)3)16-6-4-7-17(14-16)21-22-11-12-24(21)19-8-5-9-20-18(19)10-13-25-20/h4-9,11-12,14-15H,10,13H2,1-3H3. The van der Waals surface area contributed by atoms with Gasteiger partial charge in [-0.25, -0.2) is 4.98 Å². The van der Waals surface area contributed by atoms with Crippen LogP contribution in [0.2, 0.25) is 0 Å². The zero-order valence-corrected chi connectivity index (χ0v) is 14.9. The molecular weight excluding hydrogens is 310 g/mol. The van der Waals surface area contributed by atoms with Gasteiger partial charge >= 0.3 is 0 Å². The van der Waals surface area contributed by atoms with Crippen LogP contribution < -0.4 is 4.74 Å². The van der Waals surface area contributed by atoms with Gasteiger partial charge in [0.1, 0.15) is 11.6 Å². The molecule has 1 aliphatic rings. The van der Waals surface area contributed by atoms with Gasteiger partial charge in [-0.15, -0.1) is 0 Å². The number of benzene rings is 2. The second-order valence-electron chi connectivity index (χ2n) is 6.74. The van der Waals surface area contributed by atoms with Gasteiger partial charge in [0.25, 0.3) is 0 Å². The van der Waals surface area contributed by atoms with Crippen LogP contribution in [-0.4, -0.2) is 35.2 Å². The topological polar surface area (TPSA) is 30.3 Å². The molecule has 128 valence electrons. The maximum atomic E-state index is 5.72. The molecule has 0 saturated carbocycles. The van der Waals surface area contributed by atoms with Gasteiger partial charge in [0.2, 0.25) is 0 Å². The van der Waals surface area contributed by atoms with Crippen molar-refractivity contribution >= 4 is 0 Å². The van der Waals surface area contributed by atoms with Crippen molar-refractivity contribution in [3.63, 3.8) is 0 Å². The Morgan fingerprint density at radius 2 is 2.00 bits per heavy atom. The fourth-order valence-corrected chi connectivity index (χ4v) is 3.38. The Bertz CT molecular complexity index is 898. The molecular formula is C21H23N3O. The van der Waals surface area contributed by atoms with E-state index in [9.17, 15) is 0 Å². The molecule has 0 radical (unpaired) electrons. The van der Waals surface area contributed by atoms with Gasteiger partial charge in [0, 0.05) is 36.0 Å². The summed E-state index contributed by atoms with van der Waals surface area (Å²) in [6.07, 6.45) is 4.85. The molecule has 0 bridgehead atoms. The van der Waals surface area contributed by atoms with E-state index in [2.05, 4.69) is 65.8 Å². The van der Waals surface area contributed by atoms with E-state index in [-0.39, 0.29) is 0 Å². The van der Waals surface area contributed by atoms with Crippen LogP contribution in [0.15, 0.2) is 54.9 Å². The molecule has 4 heteroatoms. The lowest BCUT2D eigenvalue weighted by atomic mass is 10.0. The van der Waals surface area contributed by atoms with Crippen LogP contribution in [0.3, 0.4) is 0 Å². The van der Waals surface area contributed by atoms with Crippen LogP contribution in [0, 0.1) is 0 Å². The van der Waals surface area contributed by atoms with Gasteiger partial charge in [0.15, 0.2) is 0 Å². The number of fused-ring (bicyclic) bond motifs is 1. The van der Waals surface area contributed by atoms with Crippen molar-refractivity contribution in [2.45, 2.75) is 19.4 Å². The van der Waals surface area contributed by atoms with Gasteiger partial charge in [-0.05, 0) is 44.8 Å². The first-order valence-corrected chi connectivity index (χ1v) is 8.70. The molecule has 0 N–H and O–H groups in total. The summed E-state index contributed by atoms with van der Waals surface area (Å²) in [4.78, 5) is 6.86. The Kier molecular flexibility index (Phi) is 4.06. The van der Waals surface area contributed by atoms with E-state index in [1.807, 2.05) is 24.5 Å². The minimum absolute atomic E-state index is 0.359. The highest BCUT2D eigenvalue weighted by atomic mass is 16.5. The third-order valence-corrected chi connectivity index (χ3v) is 5.02. The first-order chi connectivity index (χ1) is 12.1. The van der Waals surface area contributed by atoms with E-state index in [1.54, 1.807) is 0 Å². The number of hydrogen-bond donors (Lipinski definition) is 0. The molecule has 25 heavy (non-hydrogen) atoms. The summed E-state index contributed by atoms with van der Waals surface area (Å²) in [5.74, 6) is 1.96. The number of aromatic nitrogens is 2. The van der Waals surface area contributed by atoms with Gasteiger partial charge in [-0.3, -0.25) is 4.57 Å². The lowest BCUT2D eigenvalue weighted by Crippen LogP contribution is -2.16. The molecule has 2 heterocycles. The molecule has 0 amide bonds. The minimum Gasteiger partial charge on any atom is -0.493 e. The first kappa shape index (κ1) is 15.9. The molecule has 1 aromatic heterocycles. The van der Waals surface area contributed by atoms with Crippen molar-refractivity contribution < 1.29 is 4.74 Å². The van der Waals surface area contributed by atoms with Crippen LogP contribution in [0.4, 0.5) is 0 Å². The average Bonchev–Trinajstić information content (AvgIpc) is 3.29. The zero-order valence-electron chi connectivity index (χ0n) is 14.9. The van der Waals surface area contributed by atoms with E-state index in [0.29, 0.717) is 6.04 Å². The Morgan fingerprint density at radius 3 is 2.84 bits per heavy atom. The average molecular weight is 333 g/mol. The quantitative estimate of drug-likeness (QED) is 0.720. The fourth-order valence-electron chi connectivity index (χ4n) is 3.38. The Morgan fingerprint density at radius 1 is 1.16 bits per heavy atom. The minimum atomic E-state index is 0.359. The molecule has 1 unspecified atom stereocenters. The van der Waals surface area contributed by atoms with Gasteiger partial charge in [0.05, 0.1) is 12.3 Å². The molecule has 0 fully saturated rings. The number of hydrogen-bond acceptors (Lipinski definition) is 3. The second kappa shape index (κ2) is 6.37. The van der Waals surface area contributed by atoms with Crippen molar-refractivity contribution in [2.24, 2.45) is 0 Å². The Hall–Kier alpha value is -2.59. The van der Waals surface area contributed by atoms with Crippen molar-refractivity contribution in [2.75, 3.05) is 20.7 Å². The van der Waals surface area contributed by atoms with Crippen LogP contribution in [0.5, 0.6) is 5.75 Å². The smallest absolute Gasteiger partial charge is 0.144 e. The summed E-state index contributed by atoms with van der Waals surface area (Å²) in [6.45, 7) is 2.97. The lowest BCUT2D eigenvalue weighted by Gasteiger charge is -2.21. The van der Waals surface area contributed by atoms with Gasteiger partial charge < -0.3 is 9.64 Å². The summed E-state index contributed by atoms with van der Waals surface area (Å²) in [7, 11) is 4.21. The molecule has 4 nitrogen and oxygen atoms in total. The largest absolute Gasteiger partial charge is 0.493 e. The van der Waals surface area contributed by atoms with E-state index >= 15 is 0 Å². The molecule has 1 atom stereocenters. The van der Waals surface area contributed by atoms with E-state index < -0.39 is 0 Å². The van der Waals surface area contributed by atoms with Crippen LogP contribution in [0.1, 0.15) is 24.1 Å². The van der Waals surface area contributed by atoms with E-state index in [1.165, 1.54) is 11.1 Å². The van der Waals surface area contributed by atoms with Crippen molar-refractivity contribution in [3.05, 3.63) is 66.0 Å². The normalized spacial score (nSPS) is 14.4. The highest BCUT2D eigenvalue weighted by Crippen LogP contribution is 2.33. The maximum absolute atomic E-state index is 5.72. The third kappa shape index (κ3) is 2.83. The van der Waals surface area contributed by atoms with Crippen LogP contribution >= 0.6 is 0 Å². The predicted octanol–water partition coefficient (Wildman–Crippen LogP) is 4.10. The molecule has 1 aliphatic heterocycles. The highest BCUT2D eigenvalue weighted by molar-refractivity contribution is 5.62. The summed E-state index contributed by atoms with van der Waals surface area (Å²) in [5, 5.41) is 0. The van der Waals surface area contributed by atoms with Gasteiger partial charge in [-0.1, -0.05) is 24.3 Å². The zero-order chi connectivity index (χ0) is 17.4. The van der Waals surface area contributed by atoms with Crippen LogP contribution in [0.25, 0.3) is 17.1 Å². The second-order valence-corrected chi connectivity index (χ2v) is 6.74.